The number of anilines is 2. The molecule has 6 heteroatoms. The zero-order valence-corrected chi connectivity index (χ0v) is 17.2. The first-order chi connectivity index (χ1) is 13.4. The fourth-order valence-electron chi connectivity index (χ4n) is 4.38. The maximum absolute atomic E-state index is 9.64. The van der Waals surface area contributed by atoms with Gasteiger partial charge in [-0.05, 0) is 45.7 Å². The third-order valence-corrected chi connectivity index (χ3v) is 5.97. The van der Waals surface area contributed by atoms with E-state index in [1.165, 1.54) is 5.69 Å². The van der Waals surface area contributed by atoms with Crippen molar-refractivity contribution in [3.05, 3.63) is 41.9 Å². The van der Waals surface area contributed by atoms with Gasteiger partial charge in [0.05, 0.1) is 18.8 Å². The minimum absolute atomic E-state index is 0.0453. The molecule has 1 saturated heterocycles. The van der Waals surface area contributed by atoms with E-state index in [-0.39, 0.29) is 11.6 Å². The average molecular weight is 383 g/mol. The van der Waals surface area contributed by atoms with Gasteiger partial charge in [0, 0.05) is 49.1 Å². The van der Waals surface area contributed by atoms with Gasteiger partial charge in [-0.25, -0.2) is 9.97 Å². The van der Waals surface area contributed by atoms with Crippen molar-refractivity contribution in [3.8, 4) is 5.75 Å². The number of methoxy groups -OCH3 is 1. The van der Waals surface area contributed by atoms with E-state index in [9.17, 15) is 5.11 Å². The molecule has 2 aromatic rings. The van der Waals surface area contributed by atoms with E-state index >= 15 is 0 Å². The Labute approximate surface area is 167 Å². The number of aryl methyl sites for hydroxylation is 1. The smallest absolute Gasteiger partial charge is 0.132 e. The van der Waals surface area contributed by atoms with Crippen molar-refractivity contribution in [3.63, 3.8) is 0 Å². The Balaban J connectivity index is 1.54. The number of piperazine rings is 1. The highest BCUT2D eigenvalue weighted by atomic mass is 16.5. The van der Waals surface area contributed by atoms with E-state index in [4.69, 9.17) is 9.72 Å². The van der Waals surface area contributed by atoms with E-state index in [0.717, 1.165) is 55.6 Å². The topological polar surface area (TPSA) is 61.7 Å². The lowest BCUT2D eigenvalue weighted by atomic mass is 9.80. The highest BCUT2D eigenvalue weighted by molar-refractivity contribution is 5.55. The molecule has 6 nitrogen and oxygen atoms in total. The predicted molar refractivity (Wildman–Crippen MR) is 111 cm³/mol. The summed E-state index contributed by atoms with van der Waals surface area (Å²) in [5, 5.41) is 9.64. The minimum Gasteiger partial charge on any atom is -0.497 e. The molecule has 4 rings (SSSR count). The Morgan fingerprint density at radius 2 is 1.93 bits per heavy atom. The van der Waals surface area contributed by atoms with Crippen molar-refractivity contribution in [1.29, 1.82) is 0 Å². The van der Waals surface area contributed by atoms with Gasteiger partial charge >= 0.3 is 0 Å². The lowest BCUT2D eigenvalue weighted by Crippen LogP contribution is -2.60. The van der Waals surface area contributed by atoms with Crippen LogP contribution in [0, 0.1) is 6.92 Å². The Morgan fingerprint density at radius 3 is 2.61 bits per heavy atom. The molecule has 1 N–H and O–H groups in total. The molecule has 28 heavy (non-hydrogen) atoms. The highest BCUT2D eigenvalue weighted by Crippen LogP contribution is 2.37. The Hall–Kier alpha value is -2.34. The van der Waals surface area contributed by atoms with Crippen LogP contribution in [0.15, 0.2) is 30.3 Å². The molecular weight excluding hydrogens is 352 g/mol. The molecule has 0 amide bonds. The van der Waals surface area contributed by atoms with E-state index in [2.05, 4.69) is 46.8 Å². The highest BCUT2D eigenvalue weighted by Gasteiger charge is 2.35. The second kappa shape index (κ2) is 7.24. The summed E-state index contributed by atoms with van der Waals surface area (Å²) in [4.78, 5) is 14.2. The Kier molecular flexibility index (Phi) is 4.91. The van der Waals surface area contributed by atoms with E-state index in [0.29, 0.717) is 5.92 Å². The molecule has 1 aromatic carbocycles. The lowest BCUT2D eigenvalue weighted by Gasteiger charge is -2.49. The number of hydrogen-bond acceptors (Lipinski definition) is 6. The minimum atomic E-state index is -0.172. The summed E-state index contributed by atoms with van der Waals surface area (Å²) in [5.41, 5.74) is 2.21. The van der Waals surface area contributed by atoms with Crippen molar-refractivity contribution in [2.24, 2.45) is 0 Å². The first kappa shape index (κ1) is 19.0. The summed E-state index contributed by atoms with van der Waals surface area (Å²) in [6, 6.07) is 10.4. The normalized spacial score (nSPS) is 24.0. The average Bonchev–Trinajstić information content (AvgIpc) is 2.64. The summed E-state index contributed by atoms with van der Waals surface area (Å²) >= 11 is 0. The van der Waals surface area contributed by atoms with Crippen molar-refractivity contribution < 1.29 is 9.84 Å². The second-order valence-corrected chi connectivity index (χ2v) is 8.61. The van der Waals surface area contributed by atoms with E-state index < -0.39 is 0 Å². The number of hydrogen-bond donors (Lipinski definition) is 1. The summed E-state index contributed by atoms with van der Waals surface area (Å²) in [7, 11) is 1.71. The lowest BCUT2D eigenvalue weighted by molar-refractivity contribution is 0.0731. The SMILES string of the molecule is COc1cccc(N2CCN(c3cc(C4CC(O)C4)nc(C)n3)CC2(C)C)c1. The number of rotatable bonds is 4. The monoisotopic (exact) mass is 382 g/mol. The van der Waals surface area contributed by atoms with Gasteiger partial charge in [0.25, 0.3) is 0 Å². The molecule has 1 aliphatic heterocycles. The first-order valence-electron chi connectivity index (χ1n) is 10.1. The van der Waals surface area contributed by atoms with Crippen molar-refractivity contribution in [2.75, 3.05) is 36.5 Å². The third kappa shape index (κ3) is 3.65. The number of benzene rings is 1. The van der Waals surface area contributed by atoms with Crippen LogP contribution in [0.4, 0.5) is 11.5 Å². The number of nitrogens with zero attached hydrogens (tertiary/aromatic N) is 4. The quantitative estimate of drug-likeness (QED) is 0.877. The molecule has 1 aromatic heterocycles. The summed E-state index contributed by atoms with van der Waals surface area (Å²) < 4.78 is 5.40. The maximum Gasteiger partial charge on any atom is 0.132 e. The molecule has 0 unspecified atom stereocenters. The van der Waals surface area contributed by atoms with Gasteiger partial charge in [0.15, 0.2) is 0 Å². The summed E-state index contributed by atoms with van der Waals surface area (Å²) in [6.45, 7) is 9.21. The summed E-state index contributed by atoms with van der Waals surface area (Å²) in [5.74, 6) is 3.06. The Morgan fingerprint density at radius 1 is 1.14 bits per heavy atom. The molecule has 2 aliphatic rings. The Bertz CT molecular complexity index is 848. The van der Waals surface area contributed by atoms with Gasteiger partial charge in [-0.2, -0.15) is 0 Å². The summed E-state index contributed by atoms with van der Waals surface area (Å²) in [6.07, 6.45) is 1.45. The first-order valence-corrected chi connectivity index (χ1v) is 10.1. The van der Waals surface area contributed by atoms with Gasteiger partial charge in [-0.1, -0.05) is 6.07 Å². The van der Waals surface area contributed by atoms with Crippen LogP contribution in [0.25, 0.3) is 0 Å². The number of ether oxygens (including phenoxy) is 1. The molecule has 0 radical (unpaired) electrons. The molecule has 1 saturated carbocycles. The molecule has 0 bridgehead atoms. The van der Waals surface area contributed by atoms with Crippen LogP contribution in [0.3, 0.4) is 0 Å². The van der Waals surface area contributed by atoms with Crippen LogP contribution in [0.2, 0.25) is 0 Å². The number of aliphatic hydroxyl groups is 1. The molecular formula is C22H30N4O2. The van der Waals surface area contributed by atoms with E-state index in [1.54, 1.807) is 7.11 Å². The largest absolute Gasteiger partial charge is 0.497 e. The van der Waals surface area contributed by atoms with Crippen LogP contribution < -0.4 is 14.5 Å². The standard InChI is InChI=1S/C22H30N4O2/c1-15-23-20(16-10-18(27)11-16)13-21(24-15)25-8-9-26(22(2,3)14-25)17-6-5-7-19(12-17)28-4/h5-7,12-13,16,18,27H,8-11,14H2,1-4H3. The van der Waals surface area contributed by atoms with Crippen LogP contribution in [-0.4, -0.2) is 53.5 Å². The van der Waals surface area contributed by atoms with Gasteiger partial charge in [-0.15, -0.1) is 0 Å². The molecule has 1 aliphatic carbocycles. The zero-order chi connectivity index (χ0) is 19.9. The molecule has 0 atom stereocenters. The third-order valence-electron chi connectivity index (χ3n) is 5.97. The van der Waals surface area contributed by atoms with Crippen molar-refractivity contribution in [2.45, 2.75) is 51.2 Å². The molecule has 2 fully saturated rings. The van der Waals surface area contributed by atoms with Gasteiger partial charge < -0.3 is 19.6 Å². The van der Waals surface area contributed by atoms with Crippen molar-refractivity contribution in [1.82, 2.24) is 9.97 Å². The number of aliphatic hydroxyl groups excluding tert-OH is 1. The van der Waals surface area contributed by atoms with Crippen LogP contribution in [-0.2, 0) is 0 Å². The van der Waals surface area contributed by atoms with E-state index in [1.807, 2.05) is 19.1 Å². The van der Waals surface area contributed by atoms with Gasteiger partial charge in [0.2, 0.25) is 0 Å². The van der Waals surface area contributed by atoms with Crippen LogP contribution >= 0.6 is 0 Å². The van der Waals surface area contributed by atoms with Crippen molar-refractivity contribution >= 4 is 11.5 Å². The number of aromatic nitrogens is 2. The van der Waals surface area contributed by atoms with Crippen LogP contribution in [0.1, 0.15) is 44.1 Å². The second-order valence-electron chi connectivity index (χ2n) is 8.61. The zero-order valence-electron chi connectivity index (χ0n) is 17.2. The van der Waals surface area contributed by atoms with Crippen LogP contribution in [0.5, 0.6) is 5.75 Å². The molecule has 2 heterocycles. The molecule has 150 valence electrons. The fraction of sp³-hybridized carbons (Fsp3) is 0.545. The van der Waals surface area contributed by atoms with Gasteiger partial charge in [0.1, 0.15) is 17.4 Å². The maximum atomic E-state index is 9.64. The van der Waals surface area contributed by atoms with Gasteiger partial charge in [-0.3, -0.25) is 0 Å². The molecule has 0 spiro atoms. The fourth-order valence-corrected chi connectivity index (χ4v) is 4.38. The predicted octanol–water partition coefficient (Wildman–Crippen LogP) is 3.14.